The van der Waals surface area contributed by atoms with Crippen LogP contribution in [-0.2, 0) is 4.79 Å². The third-order valence-electron chi connectivity index (χ3n) is 5.82. The van der Waals surface area contributed by atoms with Gasteiger partial charge in [-0.15, -0.1) is 12.4 Å². The van der Waals surface area contributed by atoms with Crippen LogP contribution in [-0.4, -0.2) is 61.5 Å². The highest BCUT2D eigenvalue weighted by Crippen LogP contribution is 2.24. The van der Waals surface area contributed by atoms with E-state index in [1.54, 1.807) is 0 Å². The van der Waals surface area contributed by atoms with E-state index in [0.717, 1.165) is 44.9 Å². The van der Waals surface area contributed by atoms with Crippen molar-refractivity contribution in [1.82, 2.24) is 15.1 Å². The first-order valence-corrected chi connectivity index (χ1v) is 9.44. The lowest BCUT2D eigenvalue weighted by Gasteiger charge is -2.38. The smallest absolute Gasteiger partial charge is 0.225 e. The Morgan fingerprint density at radius 2 is 1.87 bits per heavy atom. The van der Waals surface area contributed by atoms with Gasteiger partial charge in [0.15, 0.2) is 0 Å². The van der Waals surface area contributed by atoms with Crippen LogP contribution in [0.5, 0.6) is 0 Å². The number of nitrogens with one attached hydrogen (secondary N) is 1. The molecule has 0 aromatic heterocycles. The molecule has 0 bridgehead atoms. The molecule has 3 saturated heterocycles. The van der Waals surface area contributed by atoms with Gasteiger partial charge < -0.3 is 15.1 Å². The first-order valence-electron chi connectivity index (χ1n) is 9.44. The summed E-state index contributed by atoms with van der Waals surface area (Å²) < 4.78 is 0. The van der Waals surface area contributed by atoms with Gasteiger partial charge in [0.1, 0.15) is 0 Å². The minimum Gasteiger partial charge on any atom is -0.342 e. The Balaban J connectivity index is 0.00000192. The summed E-state index contributed by atoms with van der Waals surface area (Å²) in [6.45, 7) is 10.1. The Hall–Kier alpha value is -0.320. The minimum absolute atomic E-state index is 0. The fourth-order valence-corrected chi connectivity index (χ4v) is 4.46. The predicted octanol–water partition coefficient (Wildman–Crippen LogP) is 2.38. The van der Waals surface area contributed by atoms with Gasteiger partial charge >= 0.3 is 0 Å². The molecule has 2 unspecified atom stereocenters. The average Bonchev–Trinajstić information content (AvgIpc) is 2.56. The number of amides is 1. The summed E-state index contributed by atoms with van der Waals surface area (Å²) in [5.41, 5.74) is 0. The van der Waals surface area contributed by atoms with Gasteiger partial charge in [-0.05, 0) is 76.5 Å². The number of hydrogen-bond acceptors (Lipinski definition) is 3. The maximum Gasteiger partial charge on any atom is 0.225 e. The molecule has 0 saturated carbocycles. The molecule has 1 amide bonds. The van der Waals surface area contributed by atoms with Crippen LogP contribution in [0.1, 0.15) is 45.4 Å². The van der Waals surface area contributed by atoms with Crippen LogP contribution < -0.4 is 5.32 Å². The molecule has 3 fully saturated rings. The molecule has 0 aliphatic carbocycles. The predicted molar refractivity (Wildman–Crippen MR) is 97.0 cm³/mol. The van der Waals surface area contributed by atoms with Crippen molar-refractivity contribution >= 4 is 18.3 Å². The van der Waals surface area contributed by atoms with Gasteiger partial charge in [-0.1, -0.05) is 6.92 Å². The van der Waals surface area contributed by atoms with Gasteiger partial charge in [-0.3, -0.25) is 4.79 Å². The number of rotatable bonds is 3. The first-order chi connectivity index (χ1) is 10.7. The highest BCUT2D eigenvalue weighted by molar-refractivity contribution is 5.85. The van der Waals surface area contributed by atoms with E-state index in [9.17, 15) is 4.79 Å². The normalized spacial score (nSPS) is 30.7. The van der Waals surface area contributed by atoms with Crippen LogP contribution in [0, 0.1) is 17.8 Å². The molecule has 3 heterocycles. The van der Waals surface area contributed by atoms with Crippen LogP contribution in [0.3, 0.4) is 0 Å². The Bertz CT molecular complexity index is 365. The van der Waals surface area contributed by atoms with Gasteiger partial charge in [0, 0.05) is 25.6 Å². The summed E-state index contributed by atoms with van der Waals surface area (Å²) in [6, 6.07) is 0. The third kappa shape index (κ3) is 5.33. The Labute approximate surface area is 147 Å². The fourth-order valence-electron chi connectivity index (χ4n) is 4.46. The molecule has 0 aromatic rings. The Kier molecular flexibility index (Phi) is 7.64. The summed E-state index contributed by atoms with van der Waals surface area (Å²) in [5.74, 6) is 2.26. The maximum atomic E-state index is 12.7. The zero-order valence-electron chi connectivity index (χ0n) is 14.6. The molecule has 3 rings (SSSR count). The van der Waals surface area contributed by atoms with Crippen molar-refractivity contribution in [2.75, 3.05) is 45.8 Å². The number of likely N-dealkylation sites (tertiary alicyclic amines) is 2. The summed E-state index contributed by atoms with van der Waals surface area (Å²) in [6.07, 6.45) is 7.33. The van der Waals surface area contributed by atoms with E-state index in [1.165, 1.54) is 45.3 Å². The zero-order chi connectivity index (χ0) is 15.4. The fraction of sp³-hybridized carbons (Fsp3) is 0.944. The minimum atomic E-state index is 0. The van der Waals surface area contributed by atoms with Crippen molar-refractivity contribution in [3.63, 3.8) is 0 Å². The van der Waals surface area contributed by atoms with E-state index in [2.05, 4.69) is 22.0 Å². The second-order valence-electron chi connectivity index (χ2n) is 7.82. The van der Waals surface area contributed by atoms with Gasteiger partial charge in [0.25, 0.3) is 0 Å². The molecule has 4 nitrogen and oxygen atoms in total. The molecule has 3 aliphatic heterocycles. The first kappa shape index (κ1) is 19.0. The molecule has 1 N–H and O–H groups in total. The molecule has 23 heavy (non-hydrogen) atoms. The summed E-state index contributed by atoms with van der Waals surface area (Å²) >= 11 is 0. The monoisotopic (exact) mass is 343 g/mol. The molecule has 134 valence electrons. The van der Waals surface area contributed by atoms with Gasteiger partial charge in [-0.25, -0.2) is 0 Å². The van der Waals surface area contributed by atoms with E-state index >= 15 is 0 Å². The van der Waals surface area contributed by atoms with Crippen LogP contribution in [0.2, 0.25) is 0 Å². The second kappa shape index (κ2) is 9.24. The van der Waals surface area contributed by atoms with Gasteiger partial charge in [-0.2, -0.15) is 0 Å². The Morgan fingerprint density at radius 3 is 2.52 bits per heavy atom. The van der Waals surface area contributed by atoms with Crippen LogP contribution in [0.15, 0.2) is 0 Å². The van der Waals surface area contributed by atoms with E-state index in [-0.39, 0.29) is 12.4 Å². The van der Waals surface area contributed by atoms with Crippen molar-refractivity contribution in [1.29, 1.82) is 0 Å². The number of carbonyl (C=O) groups excluding carboxylic acids is 1. The molecule has 0 spiro atoms. The number of piperidine rings is 3. The number of halogens is 1. The molecular formula is C18H34ClN3O. The van der Waals surface area contributed by atoms with Crippen molar-refractivity contribution in [2.24, 2.45) is 17.8 Å². The SMILES string of the molecule is CC1CCCN(C(=O)C2CCN(CC3CCCNC3)CC2)C1.Cl. The summed E-state index contributed by atoms with van der Waals surface area (Å²) in [7, 11) is 0. The summed E-state index contributed by atoms with van der Waals surface area (Å²) in [5, 5.41) is 3.51. The topological polar surface area (TPSA) is 35.6 Å². The lowest BCUT2D eigenvalue weighted by Crippen LogP contribution is -2.47. The highest BCUT2D eigenvalue weighted by Gasteiger charge is 2.31. The molecule has 2 atom stereocenters. The zero-order valence-corrected chi connectivity index (χ0v) is 15.5. The van der Waals surface area contributed by atoms with Crippen molar-refractivity contribution in [2.45, 2.75) is 45.4 Å². The summed E-state index contributed by atoms with van der Waals surface area (Å²) in [4.78, 5) is 17.4. The molecule has 0 radical (unpaired) electrons. The standard InChI is InChI=1S/C18H33N3O.ClH/c1-15-4-3-9-21(13-15)18(22)17-6-10-20(11-7-17)14-16-5-2-8-19-12-16;/h15-17,19H,2-14H2,1H3;1H. The lowest BCUT2D eigenvalue weighted by molar-refractivity contribution is -0.138. The number of carbonyl (C=O) groups is 1. The van der Waals surface area contributed by atoms with E-state index in [4.69, 9.17) is 0 Å². The van der Waals surface area contributed by atoms with E-state index < -0.39 is 0 Å². The molecule has 5 heteroatoms. The van der Waals surface area contributed by atoms with Crippen LogP contribution in [0.25, 0.3) is 0 Å². The average molecular weight is 344 g/mol. The van der Waals surface area contributed by atoms with E-state index in [0.29, 0.717) is 17.7 Å². The number of hydrogen-bond donors (Lipinski definition) is 1. The van der Waals surface area contributed by atoms with Crippen LogP contribution >= 0.6 is 12.4 Å². The van der Waals surface area contributed by atoms with Gasteiger partial charge in [0.2, 0.25) is 5.91 Å². The highest BCUT2D eigenvalue weighted by atomic mass is 35.5. The van der Waals surface area contributed by atoms with Crippen LogP contribution in [0.4, 0.5) is 0 Å². The number of nitrogens with zero attached hydrogens (tertiary/aromatic N) is 2. The molecule has 0 aromatic carbocycles. The third-order valence-corrected chi connectivity index (χ3v) is 5.82. The van der Waals surface area contributed by atoms with E-state index in [1.807, 2.05) is 0 Å². The maximum absolute atomic E-state index is 12.7. The Morgan fingerprint density at radius 1 is 1.09 bits per heavy atom. The largest absolute Gasteiger partial charge is 0.342 e. The second-order valence-corrected chi connectivity index (χ2v) is 7.82. The molecule has 3 aliphatic rings. The van der Waals surface area contributed by atoms with Crippen molar-refractivity contribution in [3.05, 3.63) is 0 Å². The van der Waals surface area contributed by atoms with Gasteiger partial charge in [0.05, 0.1) is 0 Å². The van der Waals surface area contributed by atoms with Crippen molar-refractivity contribution in [3.8, 4) is 0 Å². The van der Waals surface area contributed by atoms with Crippen molar-refractivity contribution < 1.29 is 4.79 Å². The lowest BCUT2D eigenvalue weighted by atomic mass is 9.91. The molecular weight excluding hydrogens is 310 g/mol. The quantitative estimate of drug-likeness (QED) is 0.854.